The number of anilines is 1. The molecule has 16 heavy (non-hydrogen) atoms. The fraction of sp³-hybridized carbons (Fsp3) is 0.417. The van der Waals surface area contributed by atoms with Crippen LogP contribution in [0.25, 0.3) is 0 Å². The summed E-state index contributed by atoms with van der Waals surface area (Å²) in [4.78, 5) is 15.8. The molecule has 0 saturated carbocycles. The van der Waals surface area contributed by atoms with Crippen LogP contribution in [0.1, 0.15) is 5.56 Å². The van der Waals surface area contributed by atoms with Crippen molar-refractivity contribution in [3.8, 4) is 0 Å². The van der Waals surface area contributed by atoms with Crippen LogP contribution in [0.3, 0.4) is 0 Å². The highest BCUT2D eigenvalue weighted by Crippen LogP contribution is 2.16. The molecule has 0 N–H and O–H groups in total. The number of hydrogen-bond donors (Lipinski definition) is 0. The first-order chi connectivity index (χ1) is 7.90. The Balaban J connectivity index is 2.03. The van der Waals surface area contributed by atoms with Crippen molar-refractivity contribution in [1.29, 1.82) is 0 Å². The Morgan fingerprint density at radius 3 is 2.56 bits per heavy atom. The third-order valence-corrected chi connectivity index (χ3v) is 2.64. The molecule has 1 aromatic rings. The van der Waals surface area contributed by atoms with E-state index in [9.17, 15) is 4.79 Å². The van der Waals surface area contributed by atoms with Gasteiger partial charge in [0.05, 0.1) is 19.8 Å². The molecule has 2 rings (SSSR count). The predicted molar refractivity (Wildman–Crippen MR) is 61.3 cm³/mol. The van der Waals surface area contributed by atoms with E-state index >= 15 is 0 Å². The minimum atomic E-state index is 0.410. The quantitative estimate of drug-likeness (QED) is 0.568. The predicted octanol–water partition coefficient (Wildman–Crippen LogP) is 1.36. The van der Waals surface area contributed by atoms with Crippen molar-refractivity contribution in [2.24, 2.45) is 4.99 Å². The molecule has 0 unspecified atom stereocenters. The van der Waals surface area contributed by atoms with Gasteiger partial charge < -0.3 is 9.64 Å². The number of morpholine rings is 1. The van der Waals surface area contributed by atoms with Gasteiger partial charge in [-0.1, -0.05) is 12.1 Å². The zero-order valence-electron chi connectivity index (χ0n) is 9.06. The first-order valence-electron chi connectivity index (χ1n) is 5.35. The van der Waals surface area contributed by atoms with E-state index in [-0.39, 0.29) is 0 Å². The normalized spacial score (nSPS) is 15.6. The van der Waals surface area contributed by atoms with Crippen LogP contribution in [0.2, 0.25) is 0 Å². The molecule has 1 aliphatic rings. The van der Waals surface area contributed by atoms with Gasteiger partial charge in [0.25, 0.3) is 0 Å². The summed E-state index contributed by atoms with van der Waals surface area (Å²) in [5.41, 5.74) is 2.22. The topological polar surface area (TPSA) is 41.9 Å². The second kappa shape index (κ2) is 5.45. The molecule has 0 amide bonds. The van der Waals surface area contributed by atoms with Crippen molar-refractivity contribution < 1.29 is 9.53 Å². The summed E-state index contributed by atoms with van der Waals surface area (Å²) in [6.07, 6.45) is 1.54. The number of isocyanates is 1. The van der Waals surface area contributed by atoms with Gasteiger partial charge in [-0.25, -0.2) is 9.79 Å². The van der Waals surface area contributed by atoms with E-state index in [0.29, 0.717) is 6.54 Å². The molecule has 4 nitrogen and oxygen atoms in total. The van der Waals surface area contributed by atoms with E-state index in [2.05, 4.69) is 22.0 Å². The van der Waals surface area contributed by atoms with E-state index < -0.39 is 0 Å². The molecule has 1 aliphatic heterocycles. The Morgan fingerprint density at radius 2 is 1.94 bits per heavy atom. The molecule has 0 bridgehead atoms. The molecule has 1 fully saturated rings. The van der Waals surface area contributed by atoms with Gasteiger partial charge in [-0.3, -0.25) is 0 Å². The smallest absolute Gasteiger partial charge is 0.235 e. The number of carbonyl (C=O) groups excluding carboxylic acids is 1. The number of hydrogen-bond acceptors (Lipinski definition) is 4. The van der Waals surface area contributed by atoms with Gasteiger partial charge in [-0.15, -0.1) is 0 Å². The Labute approximate surface area is 94.5 Å². The molecule has 84 valence electrons. The highest BCUT2D eigenvalue weighted by Gasteiger charge is 2.10. The lowest BCUT2D eigenvalue weighted by Crippen LogP contribution is -2.36. The van der Waals surface area contributed by atoms with Gasteiger partial charge in [0.15, 0.2) is 0 Å². The lowest BCUT2D eigenvalue weighted by molar-refractivity contribution is 0.122. The maximum atomic E-state index is 9.98. The van der Waals surface area contributed by atoms with Crippen LogP contribution in [0.5, 0.6) is 0 Å². The summed E-state index contributed by atoms with van der Waals surface area (Å²) < 4.78 is 5.30. The third-order valence-electron chi connectivity index (χ3n) is 2.64. The van der Waals surface area contributed by atoms with Crippen molar-refractivity contribution >= 4 is 11.8 Å². The summed E-state index contributed by atoms with van der Waals surface area (Å²) in [5.74, 6) is 0. The monoisotopic (exact) mass is 218 g/mol. The largest absolute Gasteiger partial charge is 0.378 e. The highest BCUT2D eigenvalue weighted by atomic mass is 16.5. The van der Waals surface area contributed by atoms with Crippen LogP contribution >= 0.6 is 0 Å². The van der Waals surface area contributed by atoms with Crippen molar-refractivity contribution in [3.05, 3.63) is 29.8 Å². The summed E-state index contributed by atoms with van der Waals surface area (Å²) in [6, 6.07) is 8.10. The van der Waals surface area contributed by atoms with Crippen molar-refractivity contribution in [1.82, 2.24) is 0 Å². The number of nitrogens with zero attached hydrogens (tertiary/aromatic N) is 2. The van der Waals surface area contributed by atoms with Crippen LogP contribution < -0.4 is 4.90 Å². The van der Waals surface area contributed by atoms with Crippen LogP contribution in [0, 0.1) is 0 Å². The van der Waals surface area contributed by atoms with E-state index in [4.69, 9.17) is 4.74 Å². The molecule has 0 spiro atoms. The van der Waals surface area contributed by atoms with Crippen LogP contribution in [0.4, 0.5) is 5.69 Å². The maximum absolute atomic E-state index is 9.98. The second-order valence-corrected chi connectivity index (χ2v) is 3.67. The summed E-state index contributed by atoms with van der Waals surface area (Å²) in [7, 11) is 0. The molecule has 1 saturated heterocycles. The standard InChI is InChI=1S/C12H14N2O2/c15-10-13-9-11-1-3-12(4-2-11)14-5-7-16-8-6-14/h1-4H,5-9H2. The second-order valence-electron chi connectivity index (χ2n) is 3.67. The van der Waals surface area contributed by atoms with Crippen molar-refractivity contribution in [3.63, 3.8) is 0 Å². The Morgan fingerprint density at radius 1 is 1.25 bits per heavy atom. The zero-order valence-corrected chi connectivity index (χ0v) is 9.06. The van der Waals surface area contributed by atoms with Gasteiger partial charge in [0.1, 0.15) is 0 Å². The summed E-state index contributed by atoms with van der Waals surface area (Å²) >= 11 is 0. The number of rotatable bonds is 3. The Bertz CT molecular complexity index is 377. The molecular formula is C12H14N2O2. The first-order valence-corrected chi connectivity index (χ1v) is 5.35. The van der Waals surface area contributed by atoms with Crippen LogP contribution in [-0.4, -0.2) is 32.4 Å². The van der Waals surface area contributed by atoms with Crippen molar-refractivity contribution in [2.75, 3.05) is 31.2 Å². The average molecular weight is 218 g/mol. The molecular weight excluding hydrogens is 204 g/mol. The van der Waals surface area contributed by atoms with E-state index in [1.807, 2.05) is 12.1 Å². The molecule has 0 radical (unpaired) electrons. The highest BCUT2D eigenvalue weighted by molar-refractivity contribution is 5.48. The number of aliphatic imine (C=N–C) groups is 1. The SMILES string of the molecule is O=C=NCc1ccc(N2CCOCC2)cc1. The van der Waals surface area contributed by atoms with Crippen LogP contribution in [-0.2, 0) is 16.1 Å². The molecule has 1 aromatic carbocycles. The van der Waals surface area contributed by atoms with E-state index in [1.165, 1.54) is 5.69 Å². The zero-order chi connectivity index (χ0) is 11.2. The third kappa shape index (κ3) is 2.69. The molecule has 1 heterocycles. The average Bonchev–Trinajstić information content (AvgIpc) is 2.38. The van der Waals surface area contributed by atoms with Crippen LogP contribution in [0.15, 0.2) is 29.3 Å². The summed E-state index contributed by atoms with van der Waals surface area (Å²) in [6.45, 7) is 3.86. The van der Waals surface area contributed by atoms with Gasteiger partial charge >= 0.3 is 0 Å². The Hall–Kier alpha value is -1.64. The van der Waals surface area contributed by atoms with Crippen molar-refractivity contribution in [2.45, 2.75) is 6.54 Å². The fourth-order valence-corrected chi connectivity index (χ4v) is 1.76. The molecule has 0 aromatic heterocycles. The number of ether oxygens (including phenoxy) is 1. The fourth-order valence-electron chi connectivity index (χ4n) is 1.76. The Kier molecular flexibility index (Phi) is 3.70. The van der Waals surface area contributed by atoms with Gasteiger partial charge in [0, 0.05) is 18.8 Å². The summed E-state index contributed by atoms with van der Waals surface area (Å²) in [5, 5.41) is 0. The first kappa shape index (κ1) is 10.9. The van der Waals surface area contributed by atoms with E-state index in [0.717, 1.165) is 31.9 Å². The maximum Gasteiger partial charge on any atom is 0.235 e. The van der Waals surface area contributed by atoms with E-state index in [1.54, 1.807) is 6.08 Å². The molecule has 4 heteroatoms. The minimum Gasteiger partial charge on any atom is -0.378 e. The lowest BCUT2D eigenvalue weighted by atomic mass is 10.2. The number of benzene rings is 1. The van der Waals surface area contributed by atoms with Gasteiger partial charge in [0.2, 0.25) is 6.08 Å². The minimum absolute atomic E-state index is 0.410. The molecule has 0 atom stereocenters. The van der Waals surface area contributed by atoms with Gasteiger partial charge in [-0.2, -0.15) is 0 Å². The molecule has 0 aliphatic carbocycles. The van der Waals surface area contributed by atoms with Gasteiger partial charge in [-0.05, 0) is 17.7 Å². The lowest BCUT2D eigenvalue weighted by Gasteiger charge is -2.28.